The van der Waals surface area contributed by atoms with E-state index in [4.69, 9.17) is 10.2 Å². The van der Waals surface area contributed by atoms with E-state index in [-0.39, 0.29) is 5.78 Å². The van der Waals surface area contributed by atoms with E-state index in [1.165, 1.54) is 19.1 Å². The number of nitrogens with one attached hydrogen (secondary N) is 2. The molecular weight excluding hydrogens is 252 g/mol. The van der Waals surface area contributed by atoms with Crippen molar-refractivity contribution in [3.8, 4) is 0 Å². The number of anilines is 1. The Bertz CT molecular complexity index is 483. The SMILES string of the molecule is CC(=O)c1ccc(NC(=O)NC(CO)C(=O)O)cc1. The van der Waals surface area contributed by atoms with Crippen molar-refractivity contribution >= 4 is 23.5 Å². The van der Waals surface area contributed by atoms with E-state index in [1.807, 2.05) is 0 Å². The van der Waals surface area contributed by atoms with Gasteiger partial charge in [0.1, 0.15) is 0 Å². The molecule has 19 heavy (non-hydrogen) atoms. The van der Waals surface area contributed by atoms with Crippen LogP contribution in [0.2, 0.25) is 0 Å². The first-order valence-electron chi connectivity index (χ1n) is 5.46. The molecule has 2 amide bonds. The number of aliphatic hydroxyl groups excluding tert-OH is 1. The molecule has 1 atom stereocenters. The largest absolute Gasteiger partial charge is 0.480 e. The predicted octanol–water partition coefficient (Wildman–Crippen LogP) is 0.456. The second-order valence-corrected chi connectivity index (χ2v) is 3.81. The van der Waals surface area contributed by atoms with Crippen LogP contribution in [-0.4, -0.2) is 40.6 Å². The number of rotatable bonds is 5. The summed E-state index contributed by atoms with van der Waals surface area (Å²) in [6, 6.07) is 4.00. The minimum Gasteiger partial charge on any atom is -0.480 e. The maximum atomic E-state index is 11.4. The summed E-state index contributed by atoms with van der Waals surface area (Å²) < 4.78 is 0. The zero-order valence-corrected chi connectivity index (χ0v) is 10.2. The third-order valence-electron chi connectivity index (χ3n) is 2.34. The molecule has 0 saturated carbocycles. The zero-order chi connectivity index (χ0) is 14.4. The van der Waals surface area contributed by atoms with E-state index in [9.17, 15) is 14.4 Å². The van der Waals surface area contributed by atoms with Crippen molar-refractivity contribution in [2.75, 3.05) is 11.9 Å². The average molecular weight is 266 g/mol. The van der Waals surface area contributed by atoms with Crippen LogP contribution in [0.15, 0.2) is 24.3 Å². The Balaban J connectivity index is 2.61. The molecule has 102 valence electrons. The van der Waals surface area contributed by atoms with Gasteiger partial charge in [-0.25, -0.2) is 9.59 Å². The summed E-state index contributed by atoms with van der Waals surface area (Å²) in [5.74, 6) is -1.42. The molecule has 0 heterocycles. The van der Waals surface area contributed by atoms with Gasteiger partial charge in [-0.05, 0) is 31.2 Å². The highest BCUT2D eigenvalue weighted by Crippen LogP contribution is 2.09. The molecule has 0 radical (unpaired) electrons. The van der Waals surface area contributed by atoms with Gasteiger partial charge in [-0.15, -0.1) is 0 Å². The topological polar surface area (TPSA) is 116 Å². The van der Waals surface area contributed by atoms with Crippen molar-refractivity contribution in [3.05, 3.63) is 29.8 Å². The number of carbonyl (C=O) groups is 3. The number of carboxylic acids is 1. The number of aliphatic hydroxyl groups is 1. The number of hydrogen-bond donors (Lipinski definition) is 4. The number of hydrogen-bond acceptors (Lipinski definition) is 4. The average Bonchev–Trinajstić information content (AvgIpc) is 2.36. The van der Waals surface area contributed by atoms with Crippen LogP contribution in [0.4, 0.5) is 10.5 Å². The quantitative estimate of drug-likeness (QED) is 0.578. The Morgan fingerprint density at radius 3 is 2.21 bits per heavy atom. The summed E-state index contributed by atoms with van der Waals surface area (Å²) in [5.41, 5.74) is 0.911. The smallest absolute Gasteiger partial charge is 0.328 e. The maximum absolute atomic E-state index is 11.4. The fourth-order valence-corrected chi connectivity index (χ4v) is 1.30. The van der Waals surface area contributed by atoms with E-state index in [2.05, 4.69) is 10.6 Å². The first-order valence-corrected chi connectivity index (χ1v) is 5.46. The van der Waals surface area contributed by atoms with Crippen molar-refractivity contribution in [3.63, 3.8) is 0 Å². The van der Waals surface area contributed by atoms with E-state index in [0.717, 1.165) is 0 Å². The van der Waals surface area contributed by atoms with Crippen molar-refractivity contribution in [2.24, 2.45) is 0 Å². The summed E-state index contributed by atoms with van der Waals surface area (Å²) in [7, 11) is 0. The van der Waals surface area contributed by atoms with Gasteiger partial charge in [0.2, 0.25) is 0 Å². The van der Waals surface area contributed by atoms with Crippen molar-refractivity contribution in [1.82, 2.24) is 5.32 Å². The number of Topliss-reactive ketones (excluding diaryl/α,β-unsaturated/α-hetero) is 1. The number of benzene rings is 1. The second-order valence-electron chi connectivity index (χ2n) is 3.81. The van der Waals surface area contributed by atoms with Crippen LogP contribution in [0.3, 0.4) is 0 Å². The molecule has 1 aromatic carbocycles. The first kappa shape index (κ1) is 14.7. The van der Waals surface area contributed by atoms with Gasteiger partial charge in [-0.2, -0.15) is 0 Å². The monoisotopic (exact) mass is 266 g/mol. The molecule has 0 fully saturated rings. The number of ketones is 1. The van der Waals surface area contributed by atoms with Crippen LogP contribution in [0.25, 0.3) is 0 Å². The van der Waals surface area contributed by atoms with Gasteiger partial charge in [0.25, 0.3) is 0 Å². The molecule has 0 aliphatic rings. The van der Waals surface area contributed by atoms with Crippen LogP contribution >= 0.6 is 0 Å². The highest BCUT2D eigenvalue weighted by molar-refractivity contribution is 5.96. The van der Waals surface area contributed by atoms with Crippen molar-refractivity contribution in [1.29, 1.82) is 0 Å². The van der Waals surface area contributed by atoms with E-state index >= 15 is 0 Å². The van der Waals surface area contributed by atoms with Gasteiger partial charge in [0.05, 0.1) is 6.61 Å². The van der Waals surface area contributed by atoms with E-state index in [1.54, 1.807) is 12.1 Å². The van der Waals surface area contributed by atoms with Gasteiger partial charge in [0.15, 0.2) is 11.8 Å². The number of carboxylic acid groups (broad SMARTS) is 1. The van der Waals surface area contributed by atoms with Crippen LogP contribution in [0.5, 0.6) is 0 Å². The molecule has 7 nitrogen and oxygen atoms in total. The molecule has 7 heteroatoms. The fourth-order valence-electron chi connectivity index (χ4n) is 1.30. The van der Waals surface area contributed by atoms with Crippen molar-refractivity contribution < 1.29 is 24.6 Å². The van der Waals surface area contributed by atoms with Gasteiger partial charge in [-0.3, -0.25) is 4.79 Å². The molecule has 0 bridgehead atoms. The summed E-state index contributed by atoms with van der Waals surface area (Å²) in [4.78, 5) is 33.1. The lowest BCUT2D eigenvalue weighted by atomic mass is 10.1. The standard InChI is InChI=1S/C12H14N2O5/c1-7(16)8-2-4-9(5-3-8)13-12(19)14-10(6-15)11(17)18/h2-5,10,15H,6H2,1H3,(H,17,18)(H2,13,14,19). The Kier molecular flexibility index (Phi) is 5.01. The number of carbonyl (C=O) groups excluding carboxylic acids is 2. The third kappa shape index (κ3) is 4.40. The van der Waals surface area contributed by atoms with Gasteiger partial charge >= 0.3 is 12.0 Å². The summed E-state index contributed by atoms with van der Waals surface area (Å²) in [6.07, 6.45) is 0. The number of urea groups is 1. The predicted molar refractivity (Wildman–Crippen MR) is 67.1 cm³/mol. The number of amides is 2. The first-order chi connectivity index (χ1) is 8.93. The van der Waals surface area contributed by atoms with E-state index < -0.39 is 24.6 Å². The highest BCUT2D eigenvalue weighted by Gasteiger charge is 2.18. The van der Waals surface area contributed by atoms with Crippen LogP contribution in [-0.2, 0) is 4.79 Å². The van der Waals surface area contributed by atoms with Gasteiger partial charge in [0, 0.05) is 11.3 Å². The summed E-state index contributed by atoms with van der Waals surface area (Å²) >= 11 is 0. The number of aliphatic carboxylic acids is 1. The Morgan fingerprint density at radius 2 is 1.79 bits per heavy atom. The fraction of sp³-hybridized carbons (Fsp3) is 0.250. The molecule has 0 aliphatic carbocycles. The second kappa shape index (κ2) is 6.50. The minimum absolute atomic E-state index is 0.0952. The molecule has 1 unspecified atom stereocenters. The Labute approximate surface area is 109 Å². The summed E-state index contributed by atoms with van der Waals surface area (Å²) in [6.45, 7) is 0.722. The molecule has 0 aromatic heterocycles. The van der Waals surface area contributed by atoms with Crippen LogP contribution in [0, 0.1) is 0 Å². The normalized spacial score (nSPS) is 11.5. The molecule has 0 saturated heterocycles. The zero-order valence-electron chi connectivity index (χ0n) is 10.2. The molecule has 4 N–H and O–H groups in total. The van der Waals surface area contributed by atoms with Crippen LogP contribution in [0.1, 0.15) is 17.3 Å². The van der Waals surface area contributed by atoms with Gasteiger partial charge < -0.3 is 20.8 Å². The Hall–Kier alpha value is -2.41. The lowest BCUT2D eigenvalue weighted by molar-refractivity contribution is -0.140. The highest BCUT2D eigenvalue weighted by atomic mass is 16.4. The molecule has 0 aliphatic heterocycles. The van der Waals surface area contributed by atoms with Gasteiger partial charge in [-0.1, -0.05) is 0 Å². The lowest BCUT2D eigenvalue weighted by Gasteiger charge is -2.12. The lowest BCUT2D eigenvalue weighted by Crippen LogP contribution is -2.45. The Morgan fingerprint density at radius 1 is 1.21 bits per heavy atom. The minimum atomic E-state index is -1.36. The molecular formula is C12H14N2O5. The molecule has 1 rings (SSSR count). The molecule has 1 aromatic rings. The van der Waals surface area contributed by atoms with Crippen LogP contribution < -0.4 is 10.6 Å². The summed E-state index contributed by atoms with van der Waals surface area (Å²) in [5, 5.41) is 21.9. The van der Waals surface area contributed by atoms with E-state index in [0.29, 0.717) is 11.3 Å². The molecule has 0 spiro atoms. The van der Waals surface area contributed by atoms with Crippen molar-refractivity contribution in [2.45, 2.75) is 13.0 Å². The third-order valence-corrected chi connectivity index (χ3v) is 2.34. The maximum Gasteiger partial charge on any atom is 0.328 e.